The minimum Gasteiger partial charge on any atom is -0.308 e. The molecule has 0 N–H and O–H groups in total. The summed E-state index contributed by atoms with van der Waals surface area (Å²) < 4.78 is 136. The lowest BCUT2D eigenvalue weighted by atomic mass is 10.00. The third-order valence-electron chi connectivity index (χ3n) is 9.60. The molecule has 0 saturated carbocycles. The van der Waals surface area contributed by atoms with Crippen LogP contribution in [0.25, 0.3) is 104 Å². The Labute approximate surface area is 348 Å². The Hall–Kier alpha value is -7.21. The maximum absolute atomic E-state index is 9.62. The van der Waals surface area contributed by atoms with Crippen molar-refractivity contribution >= 4 is 53.3 Å². The number of hydrogen-bond acceptors (Lipinski definition) is 4. The lowest BCUT2D eigenvalue weighted by Crippen LogP contribution is -2.04. The first-order valence-corrected chi connectivity index (χ1v) is 18.4. The predicted molar refractivity (Wildman–Crippen MR) is 234 cm³/mol. The van der Waals surface area contributed by atoms with Gasteiger partial charge in [-0.25, -0.2) is 15.0 Å². The highest BCUT2D eigenvalue weighted by molar-refractivity contribution is 7.25. The Kier molecular flexibility index (Phi) is 4.85. The molecule has 4 nitrogen and oxygen atoms in total. The summed E-state index contributed by atoms with van der Waals surface area (Å²) in [6.45, 7) is 0. The molecule has 0 unspecified atom stereocenters. The van der Waals surface area contributed by atoms with E-state index in [9.17, 15) is 6.85 Å². The van der Waals surface area contributed by atoms with E-state index in [4.69, 9.17) is 28.7 Å². The van der Waals surface area contributed by atoms with Crippen LogP contribution in [0.4, 0.5) is 0 Å². The average Bonchev–Trinajstić information content (AvgIpc) is 3.98. The van der Waals surface area contributed by atoms with Crippen LogP contribution < -0.4 is 0 Å². The second-order valence-corrected chi connectivity index (χ2v) is 13.9. The second kappa shape index (κ2) is 13.3. The summed E-state index contributed by atoms with van der Waals surface area (Å²) in [6, 6.07) is 23.5. The Morgan fingerprint density at radius 3 is 1.62 bits per heavy atom. The molecule has 0 amide bonds. The van der Waals surface area contributed by atoms with Crippen molar-refractivity contribution in [2.75, 3.05) is 0 Å². The normalized spacial score (nSPS) is 15.3. The molecule has 0 aliphatic heterocycles. The van der Waals surface area contributed by atoms with E-state index in [1.165, 1.54) is 10.6 Å². The molecule has 0 aliphatic carbocycles. The van der Waals surface area contributed by atoms with Crippen LogP contribution in [-0.2, 0) is 0 Å². The van der Waals surface area contributed by atoms with Gasteiger partial charge in [0.2, 0.25) is 0 Å². The summed E-state index contributed by atoms with van der Waals surface area (Å²) in [5.41, 5.74) is 3.03. The molecule has 11 aromatic rings. The summed E-state index contributed by atoms with van der Waals surface area (Å²) in [6.07, 6.45) is 0. The average molecular weight is 748 g/mol. The van der Waals surface area contributed by atoms with Gasteiger partial charge in [-0.2, -0.15) is 0 Å². The molecule has 0 atom stereocenters. The Morgan fingerprint density at radius 2 is 0.929 bits per heavy atom. The van der Waals surface area contributed by atoms with Crippen molar-refractivity contribution in [2.45, 2.75) is 0 Å². The van der Waals surface area contributed by atoms with Crippen LogP contribution in [0.1, 0.15) is 20.6 Å². The monoisotopic (exact) mass is 747 g/mol. The summed E-state index contributed by atoms with van der Waals surface area (Å²) >= 11 is 0.899. The first-order valence-electron chi connectivity index (χ1n) is 25.1. The van der Waals surface area contributed by atoms with Crippen LogP contribution in [0, 0.1) is 0 Å². The number of hydrogen-bond donors (Lipinski definition) is 0. The van der Waals surface area contributed by atoms with E-state index >= 15 is 0 Å². The quantitative estimate of drug-likeness (QED) is 0.170. The van der Waals surface area contributed by atoms with Gasteiger partial charge in [-0.15, -0.1) is 11.3 Å². The highest BCUT2D eigenvalue weighted by Gasteiger charge is 2.20. The van der Waals surface area contributed by atoms with E-state index < -0.39 is 78.6 Å². The van der Waals surface area contributed by atoms with Crippen LogP contribution in [0.2, 0.25) is 0 Å². The standard InChI is InChI=1S/C51H32N4S/c1-3-13-33(14-4-1)34-23-25-36(26-24-34)50-52-49(35-15-5-2-6-16-35)53-51(54-50)43-30-28-37(38-27-29-42-41-19-9-12-22-47(41)56-48(42)32-38)31-46(43)55-44-20-10-7-17-39(44)40-18-8-11-21-45(40)55/h1-32H/i7D,8D,9D,10D,11D,12D,17D,18D,19D,20D,21D,22D,27D,29D,32D. The van der Waals surface area contributed by atoms with Gasteiger partial charge in [-0.05, 0) is 58.6 Å². The molecule has 11 rings (SSSR count). The van der Waals surface area contributed by atoms with Crippen LogP contribution in [0.5, 0.6) is 0 Å². The van der Waals surface area contributed by atoms with Crippen molar-refractivity contribution in [3.8, 4) is 62.1 Å². The van der Waals surface area contributed by atoms with Gasteiger partial charge in [0.25, 0.3) is 0 Å². The fourth-order valence-electron chi connectivity index (χ4n) is 6.95. The number of thiophene rings is 1. The molecule has 0 spiro atoms. The van der Waals surface area contributed by atoms with Gasteiger partial charge in [0.05, 0.1) is 37.3 Å². The van der Waals surface area contributed by atoms with Crippen LogP contribution in [-0.4, -0.2) is 19.5 Å². The van der Waals surface area contributed by atoms with Gasteiger partial charge in [-0.3, -0.25) is 0 Å². The highest BCUT2D eigenvalue weighted by atomic mass is 32.1. The molecular weight excluding hydrogens is 701 g/mol. The third kappa shape index (κ3) is 5.48. The molecule has 8 aromatic carbocycles. The van der Waals surface area contributed by atoms with Gasteiger partial charge in [0.1, 0.15) is 0 Å². The molecular formula is C51H32N4S. The van der Waals surface area contributed by atoms with Crippen molar-refractivity contribution in [1.82, 2.24) is 19.5 Å². The molecule has 262 valence electrons. The summed E-state index contributed by atoms with van der Waals surface area (Å²) in [5, 5.41) is -0.327. The molecule has 0 radical (unpaired) electrons. The lowest BCUT2D eigenvalue weighted by molar-refractivity contribution is 1.06. The van der Waals surface area contributed by atoms with Crippen molar-refractivity contribution in [2.24, 2.45) is 0 Å². The summed E-state index contributed by atoms with van der Waals surface area (Å²) in [5.74, 6) is 0.546. The van der Waals surface area contributed by atoms with E-state index in [2.05, 4.69) is 0 Å². The Morgan fingerprint density at radius 1 is 0.411 bits per heavy atom. The first-order chi connectivity index (χ1) is 34.0. The maximum Gasteiger partial charge on any atom is 0.166 e. The maximum atomic E-state index is 9.62. The zero-order chi connectivity index (χ0) is 50.1. The largest absolute Gasteiger partial charge is 0.308 e. The van der Waals surface area contributed by atoms with E-state index in [0.29, 0.717) is 11.1 Å². The summed E-state index contributed by atoms with van der Waals surface area (Å²) in [4.78, 5) is 14.9. The molecule has 56 heavy (non-hydrogen) atoms. The van der Waals surface area contributed by atoms with E-state index in [1.54, 1.807) is 12.1 Å². The van der Waals surface area contributed by atoms with Crippen molar-refractivity contribution in [3.05, 3.63) is 194 Å². The fraction of sp³-hybridized carbons (Fsp3) is 0. The molecule has 0 saturated heterocycles. The number of para-hydroxylation sites is 2. The van der Waals surface area contributed by atoms with Gasteiger partial charge in [0, 0.05) is 47.6 Å². The van der Waals surface area contributed by atoms with E-state index in [0.717, 1.165) is 22.5 Å². The minimum absolute atomic E-state index is 0.0185. The SMILES string of the molecule is [2H]c1c([2H])c([2H])c2c(sc3c([2H])c(-c4ccc(-c5nc(-c6ccccc6)nc(-c6ccc(-c7ccccc7)cc6)n5)c(-n5c6c([2H])c([2H])c([2H])c([2H])c6c6c([2H])c([2H])c([2H])c([2H])c65)c4)c([2H])c([2H])c32)c1[2H]. The van der Waals surface area contributed by atoms with Gasteiger partial charge < -0.3 is 4.57 Å². The molecule has 3 aromatic heterocycles. The summed E-state index contributed by atoms with van der Waals surface area (Å²) in [7, 11) is 0. The molecule has 0 fully saturated rings. The smallest absolute Gasteiger partial charge is 0.166 e. The third-order valence-corrected chi connectivity index (χ3v) is 10.6. The van der Waals surface area contributed by atoms with Gasteiger partial charge >= 0.3 is 0 Å². The minimum atomic E-state index is -0.641. The lowest BCUT2D eigenvalue weighted by Gasteiger charge is -2.16. The van der Waals surface area contributed by atoms with Crippen molar-refractivity contribution in [3.63, 3.8) is 0 Å². The Balaban J connectivity index is 1.27. The van der Waals surface area contributed by atoms with Crippen LogP contribution in [0.3, 0.4) is 0 Å². The number of nitrogens with zero attached hydrogens (tertiary/aromatic N) is 4. The zero-order valence-electron chi connectivity index (χ0n) is 44.0. The van der Waals surface area contributed by atoms with Gasteiger partial charge in [0.15, 0.2) is 17.5 Å². The topological polar surface area (TPSA) is 43.6 Å². The fourth-order valence-corrected chi connectivity index (χ4v) is 7.92. The molecule has 5 heteroatoms. The zero-order valence-corrected chi connectivity index (χ0v) is 29.8. The number of rotatable bonds is 6. The van der Waals surface area contributed by atoms with Gasteiger partial charge in [-0.1, -0.05) is 157 Å². The first kappa shape index (κ1) is 20.5. The molecule has 0 bridgehead atoms. The van der Waals surface area contributed by atoms with Crippen molar-refractivity contribution in [1.29, 1.82) is 0 Å². The van der Waals surface area contributed by atoms with Crippen molar-refractivity contribution < 1.29 is 20.6 Å². The van der Waals surface area contributed by atoms with Crippen LogP contribution in [0.15, 0.2) is 194 Å². The van der Waals surface area contributed by atoms with E-state index in [1.807, 2.05) is 84.9 Å². The van der Waals surface area contributed by atoms with Crippen LogP contribution >= 0.6 is 11.3 Å². The predicted octanol–water partition coefficient (Wildman–Crippen LogP) is 13.7. The number of fused-ring (bicyclic) bond motifs is 6. The number of benzene rings is 8. The van der Waals surface area contributed by atoms with E-state index in [-0.39, 0.29) is 93.9 Å². The molecule has 3 heterocycles. The number of aromatic nitrogens is 4. The Bertz CT molecular complexity index is 4030. The highest BCUT2D eigenvalue weighted by Crippen LogP contribution is 2.40. The second-order valence-electron chi connectivity index (χ2n) is 12.9. The molecule has 0 aliphatic rings.